The fraction of sp³-hybridized carbons (Fsp3) is 0.417. The van der Waals surface area contributed by atoms with Gasteiger partial charge in [0.15, 0.2) is 0 Å². The first-order valence-corrected chi connectivity index (χ1v) is 11.7. The monoisotopic (exact) mass is 439 g/mol. The van der Waals surface area contributed by atoms with E-state index in [0.29, 0.717) is 12.2 Å². The number of carbonyl (C=O) groups excluding carboxylic acids is 1. The minimum Gasteiger partial charge on any atom is -0.497 e. The van der Waals surface area contributed by atoms with E-state index in [9.17, 15) is 4.79 Å². The molecule has 1 atom stereocenters. The van der Waals surface area contributed by atoms with Crippen molar-refractivity contribution in [2.75, 3.05) is 13.7 Å². The number of aromatic nitrogens is 2. The van der Waals surface area contributed by atoms with Gasteiger partial charge in [0.05, 0.1) is 24.1 Å². The molecule has 1 amide bonds. The predicted molar refractivity (Wildman–Crippen MR) is 124 cm³/mol. The van der Waals surface area contributed by atoms with E-state index < -0.39 is 0 Å². The molecule has 1 fully saturated rings. The summed E-state index contributed by atoms with van der Waals surface area (Å²) in [6.45, 7) is 5.76. The average molecular weight is 440 g/mol. The minimum absolute atomic E-state index is 0.0773. The highest BCUT2D eigenvalue weighted by molar-refractivity contribution is 7.13. The molecule has 3 heterocycles. The van der Waals surface area contributed by atoms with Crippen LogP contribution in [0.25, 0.3) is 22.0 Å². The van der Waals surface area contributed by atoms with Gasteiger partial charge in [-0.2, -0.15) is 0 Å². The molecule has 1 aliphatic heterocycles. The number of unbranched alkanes of at least 4 members (excludes halogenated alkanes) is 1. The fourth-order valence-electron chi connectivity index (χ4n) is 3.86. The molecule has 0 aliphatic carbocycles. The maximum atomic E-state index is 12.9. The quantitative estimate of drug-likeness (QED) is 0.520. The van der Waals surface area contributed by atoms with Gasteiger partial charge in [0.1, 0.15) is 17.0 Å². The highest BCUT2D eigenvalue weighted by atomic mass is 32.1. The van der Waals surface area contributed by atoms with E-state index in [0.717, 1.165) is 65.6 Å². The summed E-state index contributed by atoms with van der Waals surface area (Å²) in [5.74, 6) is 0.748. The summed E-state index contributed by atoms with van der Waals surface area (Å²) in [6.07, 6.45) is 3.80. The number of rotatable bonds is 8. The van der Waals surface area contributed by atoms with Gasteiger partial charge in [0, 0.05) is 29.8 Å². The van der Waals surface area contributed by atoms with Crippen LogP contribution >= 0.6 is 11.3 Å². The molecule has 0 bridgehead atoms. The molecule has 0 saturated carbocycles. The van der Waals surface area contributed by atoms with Gasteiger partial charge < -0.3 is 19.4 Å². The molecule has 1 N–H and O–H groups in total. The molecule has 7 heteroatoms. The normalized spacial score (nSPS) is 15.9. The van der Waals surface area contributed by atoms with Crippen LogP contribution in [0, 0.1) is 6.92 Å². The Balaban J connectivity index is 1.64. The van der Waals surface area contributed by atoms with Crippen LogP contribution in [0.5, 0.6) is 5.75 Å². The lowest BCUT2D eigenvalue weighted by molar-refractivity contribution is 0.0639. The van der Waals surface area contributed by atoms with Crippen LogP contribution in [0.3, 0.4) is 0 Å². The van der Waals surface area contributed by atoms with Crippen molar-refractivity contribution >= 4 is 17.2 Å². The number of methoxy groups -OCH3 is 1. The van der Waals surface area contributed by atoms with E-state index in [-0.39, 0.29) is 12.1 Å². The van der Waals surface area contributed by atoms with Gasteiger partial charge in [-0.05, 0) is 56.5 Å². The summed E-state index contributed by atoms with van der Waals surface area (Å²) in [6, 6.07) is 9.89. The summed E-state index contributed by atoms with van der Waals surface area (Å²) in [4.78, 5) is 17.8. The molecule has 1 unspecified atom stereocenters. The molecule has 1 saturated heterocycles. The number of hydrogen-bond donors (Lipinski definition) is 1. The standard InChI is InChI=1S/C24H29N3O3S/c1-4-5-12-27-16(2)19(23(28)26-22-7-6-13-30-22)14-21(27)20-15-31-24(25-20)17-8-10-18(29-3)11-9-17/h8-11,14-15,22H,4-7,12-13H2,1-3H3,(H,26,28). The van der Waals surface area contributed by atoms with Crippen LogP contribution in [0.4, 0.5) is 0 Å². The summed E-state index contributed by atoms with van der Waals surface area (Å²) in [5.41, 5.74) is 4.60. The van der Waals surface area contributed by atoms with Crippen molar-refractivity contribution in [3.63, 3.8) is 0 Å². The van der Waals surface area contributed by atoms with Gasteiger partial charge in [-0.15, -0.1) is 11.3 Å². The van der Waals surface area contributed by atoms with Gasteiger partial charge in [-0.25, -0.2) is 4.98 Å². The first-order valence-electron chi connectivity index (χ1n) is 10.8. The van der Waals surface area contributed by atoms with Crippen LogP contribution in [-0.4, -0.2) is 35.4 Å². The number of thiazole rings is 1. The summed E-state index contributed by atoms with van der Waals surface area (Å²) >= 11 is 1.61. The first kappa shape index (κ1) is 21.6. The van der Waals surface area contributed by atoms with E-state index >= 15 is 0 Å². The summed E-state index contributed by atoms with van der Waals surface area (Å²) in [7, 11) is 1.66. The number of nitrogens with one attached hydrogen (secondary N) is 1. The van der Waals surface area contributed by atoms with Crippen molar-refractivity contribution < 1.29 is 14.3 Å². The lowest BCUT2D eigenvalue weighted by atomic mass is 10.2. The largest absolute Gasteiger partial charge is 0.497 e. The molecule has 3 aromatic rings. The third kappa shape index (κ3) is 4.67. The third-order valence-electron chi connectivity index (χ3n) is 5.67. The molecule has 6 nitrogen and oxygen atoms in total. The Morgan fingerprint density at radius 3 is 2.84 bits per heavy atom. The number of nitrogens with zero attached hydrogens (tertiary/aromatic N) is 2. The Morgan fingerprint density at radius 1 is 1.35 bits per heavy atom. The SMILES string of the molecule is CCCCn1c(-c2csc(-c3ccc(OC)cc3)n2)cc(C(=O)NC2CCCO2)c1C. The van der Waals surface area contributed by atoms with E-state index in [1.807, 2.05) is 37.3 Å². The molecule has 1 aromatic carbocycles. The van der Waals surface area contributed by atoms with Gasteiger partial charge in [0.2, 0.25) is 0 Å². The van der Waals surface area contributed by atoms with E-state index in [2.05, 4.69) is 22.2 Å². The number of amides is 1. The number of hydrogen-bond acceptors (Lipinski definition) is 5. The van der Waals surface area contributed by atoms with Gasteiger partial charge in [0.25, 0.3) is 5.91 Å². The number of ether oxygens (including phenoxy) is 2. The molecule has 1 aliphatic rings. The topological polar surface area (TPSA) is 65.4 Å². The van der Waals surface area contributed by atoms with Crippen molar-refractivity contribution in [1.82, 2.24) is 14.9 Å². The van der Waals surface area contributed by atoms with Crippen molar-refractivity contribution in [2.24, 2.45) is 0 Å². The van der Waals surface area contributed by atoms with Crippen LogP contribution in [0.2, 0.25) is 0 Å². The molecule has 164 valence electrons. The average Bonchev–Trinajstić information content (AvgIpc) is 3.53. The molecule has 0 spiro atoms. The lowest BCUT2D eigenvalue weighted by Gasteiger charge is -2.12. The van der Waals surface area contributed by atoms with Crippen LogP contribution in [-0.2, 0) is 11.3 Å². The summed E-state index contributed by atoms with van der Waals surface area (Å²) in [5, 5.41) is 6.04. The van der Waals surface area contributed by atoms with E-state index in [1.165, 1.54) is 0 Å². The zero-order valence-electron chi connectivity index (χ0n) is 18.3. The molecule has 31 heavy (non-hydrogen) atoms. The Hall–Kier alpha value is -2.64. The van der Waals surface area contributed by atoms with Gasteiger partial charge in [-0.1, -0.05) is 13.3 Å². The molecule has 0 radical (unpaired) electrons. The maximum absolute atomic E-state index is 12.9. The maximum Gasteiger partial charge on any atom is 0.255 e. The highest BCUT2D eigenvalue weighted by Gasteiger charge is 2.23. The van der Waals surface area contributed by atoms with Crippen LogP contribution in [0.15, 0.2) is 35.7 Å². The molecule has 4 rings (SSSR count). The fourth-order valence-corrected chi connectivity index (χ4v) is 4.68. The van der Waals surface area contributed by atoms with Crippen LogP contribution in [0.1, 0.15) is 48.7 Å². The Kier molecular flexibility index (Phi) is 6.73. The minimum atomic E-state index is -0.185. The van der Waals surface area contributed by atoms with Crippen molar-refractivity contribution in [1.29, 1.82) is 0 Å². The zero-order chi connectivity index (χ0) is 21.8. The zero-order valence-corrected chi connectivity index (χ0v) is 19.1. The van der Waals surface area contributed by atoms with Gasteiger partial charge in [-0.3, -0.25) is 4.79 Å². The predicted octanol–water partition coefficient (Wildman–Crippen LogP) is 5.26. The Bertz CT molecular complexity index is 1030. The van der Waals surface area contributed by atoms with Crippen molar-refractivity contribution in [3.8, 4) is 27.7 Å². The second kappa shape index (κ2) is 9.66. The number of benzene rings is 1. The smallest absolute Gasteiger partial charge is 0.255 e. The van der Waals surface area contributed by atoms with E-state index in [4.69, 9.17) is 14.5 Å². The van der Waals surface area contributed by atoms with Gasteiger partial charge >= 0.3 is 0 Å². The van der Waals surface area contributed by atoms with Crippen molar-refractivity contribution in [2.45, 2.75) is 52.3 Å². The molecular weight excluding hydrogens is 410 g/mol. The first-order chi connectivity index (χ1) is 15.1. The lowest BCUT2D eigenvalue weighted by Crippen LogP contribution is -2.34. The highest BCUT2D eigenvalue weighted by Crippen LogP contribution is 2.32. The Labute approximate surface area is 187 Å². The molecular formula is C24H29N3O3S. The van der Waals surface area contributed by atoms with Crippen LogP contribution < -0.4 is 10.1 Å². The molecule has 2 aromatic heterocycles. The number of carbonyl (C=O) groups is 1. The summed E-state index contributed by atoms with van der Waals surface area (Å²) < 4.78 is 13.1. The second-order valence-electron chi connectivity index (χ2n) is 7.78. The second-order valence-corrected chi connectivity index (χ2v) is 8.63. The third-order valence-corrected chi connectivity index (χ3v) is 6.56. The van der Waals surface area contributed by atoms with Crippen molar-refractivity contribution in [3.05, 3.63) is 47.0 Å². The van der Waals surface area contributed by atoms with E-state index in [1.54, 1.807) is 18.4 Å². The Morgan fingerprint density at radius 2 is 2.16 bits per heavy atom.